The zero-order valence-electron chi connectivity index (χ0n) is 10.7. The monoisotopic (exact) mass is 301 g/mol. The summed E-state index contributed by atoms with van der Waals surface area (Å²) in [6.07, 6.45) is 1.10. The number of anilines is 1. The Morgan fingerprint density at radius 3 is 2.65 bits per heavy atom. The van der Waals surface area contributed by atoms with Crippen LogP contribution in [0.5, 0.6) is 5.88 Å². The summed E-state index contributed by atoms with van der Waals surface area (Å²) in [7, 11) is 0. The first-order chi connectivity index (χ1) is 8.21. The normalized spacial score (nSPS) is 10.4. The van der Waals surface area contributed by atoms with Crippen LogP contribution in [0.3, 0.4) is 0 Å². The van der Waals surface area contributed by atoms with E-state index in [1.165, 1.54) is 0 Å². The number of alkyl halides is 1. The molecule has 0 radical (unpaired) electrons. The molecule has 0 aliphatic rings. The highest BCUT2D eigenvalue weighted by atomic mass is 79.9. The minimum absolute atomic E-state index is 0.627. The Bertz CT molecular complexity index is 341. The van der Waals surface area contributed by atoms with Gasteiger partial charge in [-0.05, 0) is 20.3 Å². The summed E-state index contributed by atoms with van der Waals surface area (Å²) in [6, 6.07) is 1.91. The molecular weight excluding hydrogens is 282 g/mol. The van der Waals surface area contributed by atoms with Crippen molar-refractivity contribution in [3.63, 3.8) is 0 Å². The van der Waals surface area contributed by atoms with Crippen LogP contribution in [0.1, 0.15) is 26.1 Å². The molecule has 1 aromatic heterocycles. The lowest BCUT2D eigenvalue weighted by molar-refractivity contribution is 0.325. The Morgan fingerprint density at radius 1 is 1.29 bits per heavy atom. The van der Waals surface area contributed by atoms with Crippen LogP contribution in [-0.4, -0.2) is 35.0 Å². The van der Waals surface area contributed by atoms with Gasteiger partial charge in [0.2, 0.25) is 5.88 Å². The standard InChI is InChI=1S/C12H20BrN3O/c1-4-7-16(8-6-13)11-9-12(17-5-2)15-10(3)14-11/h9H,4-8H2,1-3H3. The average molecular weight is 302 g/mol. The van der Waals surface area contributed by atoms with E-state index in [4.69, 9.17) is 4.74 Å². The topological polar surface area (TPSA) is 38.2 Å². The van der Waals surface area contributed by atoms with Crippen LogP contribution in [0.15, 0.2) is 6.07 Å². The first-order valence-electron chi connectivity index (χ1n) is 6.00. The molecule has 0 unspecified atom stereocenters. The van der Waals surface area contributed by atoms with Crippen LogP contribution < -0.4 is 9.64 Å². The summed E-state index contributed by atoms with van der Waals surface area (Å²) in [4.78, 5) is 11.0. The number of nitrogens with zero attached hydrogens (tertiary/aromatic N) is 3. The summed E-state index contributed by atoms with van der Waals surface area (Å²) in [5.74, 6) is 2.36. The third-order valence-electron chi connectivity index (χ3n) is 2.27. The van der Waals surface area contributed by atoms with Crippen molar-refractivity contribution in [2.45, 2.75) is 27.2 Å². The number of aromatic nitrogens is 2. The highest BCUT2D eigenvalue weighted by molar-refractivity contribution is 9.09. The van der Waals surface area contributed by atoms with Crippen molar-refractivity contribution in [1.29, 1.82) is 0 Å². The number of rotatable bonds is 7. The molecule has 5 heteroatoms. The van der Waals surface area contributed by atoms with Crippen molar-refractivity contribution < 1.29 is 4.74 Å². The Morgan fingerprint density at radius 2 is 2.06 bits per heavy atom. The van der Waals surface area contributed by atoms with Crippen molar-refractivity contribution in [3.05, 3.63) is 11.9 Å². The maximum atomic E-state index is 5.44. The zero-order chi connectivity index (χ0) is 12.7. The van der Waals surface area contributed by atoms with E-state index in [2.05, 4.69) is 37.7 Å². The van der Waals surface area contributed by atoms with E-state index in [0.29, 0.717) is 12.5 Å². The van der Waals surface area contributed by atoms with Crippen molar-refractivity contribution in [1.82, 2.24) is 9.97 Å². The van der Waals surface area contributed by atoms with Crippen LogP contribution >= 0.6 is 15.9 Å². The van der Waals surface area contributed by atoms with Gasteiger partial charge in [0.25, 0.3) is 0 Å². The quantitative estimate of drug-likeness (QED) is 0.726. The lowest BCUT2D eigenvalue weighted by Crippen LogP contribution is -2.27. The lowest BCUT2D eigenvalue weighted by atomic mass is 10.4. The van der Waals surface area contributed by atoms with Crippen molar-refractivity contribution in [2.24, 2.45) is 0 Å². The molecule has 96 valence electrons. The maximum absolute atomic E-state index is 5.44. The molecule has 0 saturated carbocycles. The van der Waals surface area contributed by atoms with Gasteiger partial charge < -0.3 is 9.64 Å². The number of halogens is 1. The molecule has 4 nitrogen and oxygen atoms in total. The smallest absolute Gasteiger partial charge is 0.218 e. The molecule has 0 aliphatic carbocycles. The van der Waals surface area contributed by atoms with Crippen LogP contribution in [0, 0.1) is 6.92 Å². The molecule has 1 rings (SSSR count). The summed E-state index contributed by atoms with van der Waals surface area (Å²) in [6.45, 7) is 8.58. The van der Waals surface area contributed by atoms with E-state index in [-0.39, 0.29) is 0 Å². The number of hydrogen-bond donors (Lipinski definition) is 0. The molecule has 0 N–H and O–H groups in total. The third-order valence-corrected chi connectivity index (χ3v) is 2.62. The molecule has 0 bridgehead atoms. The Kier molecular flexibility index (Phi) is 6.26. The van der Waals surface area contributed by atoms with E-state index >= 15 is 0 Å². The Labute approximate surface area is 112 Å². The van der Waals surface area contributed by atoms with Gasteiger partial charge in [0.15, 0.2) is 0 Å². The molecule has 0 atom stereocenters. The molecule has 17 heavy (non-hydrogen) atoms. The fourth-order valence-corrected chi connectivity index (χ4v) is 2.05. The average Bonchev–Trinajstić information content (AvgIpc) is 2.28. The lowest BCUT2D eigenvalue weighted by Gasteiger charge is -2.22. The second-order valence-electron chi connectivity index (χ2n) is 3.72. The SMILES string of the molecule is CCCN(CCBr)c1cc(OCC)nc(C)n1. The van der Waals surface area contributed by atoms with E-state index in [0.717, 1.165) is 36.5 Å². The molecule has 0 saturated heterocycles. The zero-order valence-corrected chi connectivity index (χ0v) is 12.3. The predicted octanol–water partition coefficient (Wildman–Crippen LogP) is 2.80. The molecule has 1 aromatic rings. The summed E-state index contributed by atoms with van der Waals surface area (Å²) in [5.41, 5.74) is 0. The largest absolute Gasteiger partial charge is 0.478 e. The van der Waals surface area contributed by atoms with Crippen LogP contribution in [0.25, 0.3) is 0 Å². The fraction of sp³-hybridized carbons (Fsp3) is 0.667. The van der Waals surface area contributed by atoms with Gasteiger partial charge in [-0.15, -0.1) is 0 Å². The number of ether oxygens (including phenoxy) is 1. The second-order valence-corrected chi connectivity index (χ2v) is 4.51. The number of hydrogen-bond acceptors (Lipinski definition) is 4. The first-order valence-corrected chi connectivity index (χ1v) is 7.12. The van der Waals surface area contributed by atoms with Gasteiger partial charge in [0.05, 0.1) is 6.61 Å². The maximum Gasteiger partial charge on any atom is 0.218 e. The first kappa shape index (κ1) is 14.2. The summed E-state index contributed by atoms with van der Waals surface area (Å²) in [5, 5.41) is 0.931. The highest BCUT2D eigenvalue weighted by Crippen LogP contribution is 2.18. The summed E-state index contributed by atoms with van der Waals surface area (Å²) >= 11 is 3.47. The third kappa shape index (κ3) is 4.50. The van der Waals surface area contributed by atoms with Gasteiger partial charge in [-0.2, -0.15) is 4.98 Å². The minimum atomic E-state index is 0.627. The molecule has 0 aromatic carbocycles. The molecule has 0 aliphatic heterocycles. The fourth-order valence-electron chi connectivity index (χ4n) is 1.62. The summed E-state index contributed by atoms with van der Waals surface area (Å²) < 4.78 is 5.44. The van der Waals surface area contributed by atoms with Crippen molar-refractivity contribution in [3.8, 4) is 5.88 Å². The van der Waals surface area contributed by atoms with Gasteiger partial charge in [0, 0.05) is 24.5 Å². The molecular formula is C12H20BrN3O. The Hall–Kier alpha value is -0.840. The van der Waals surface area contributed by atoms with Crippen LogP contribution in [0.4, 0.5) is 5.82 Å². The van der Waals surface area contributed by atoms with Crippen LogP contribution in [0.2, 0.25) is 0 Å². The molecule has 0 spiro atoms. The van der Waals surface area contributed by atoms with Gasteiger partial charge in [0.1, 0.15) is 11.6 Å². The van der Waals surface area contributed by atoms with E-state index < -0.39 is 0 Å². The minimum Gasteiger partial charge on any atom is -0.478 e. The van der Waals surface area contributed by atoms with Crippen molar-refractivity contribution in [2.75, 3.05) is 29.9 Å². The Balaban J connectivity index is 2.92. The van der Waals surface area contributed by atoms with Gasteiger partial charge in [-0.25, -0.2) is 4.98 Å². The van der Waals surface area contributed by atoms with E-state index in [1.807, 2.05) is 19.9 Å². The van der Waals surface area contributed by atoms with Gasteiger partial charge in [-0.1, -0.05) is 22.9 Å². The number of aryl methyl sites for hydroxylation is 1. The molecule has 1 heterocycles. The molecule has 0 amide bonds. The second kappa shape index (κ2) is 7.48. The van der Waals surface area contributed by atoms with E-state index in [1.54, 1.807) is 0 Å². The van der Waals surface area contributed by atoms with Gasteiger partial charge >= 0.3 is 0 Å². The predicted molar refractivity (Wildman–Crippen MR) is 74.2 cm³/mol. The van der Waals surface area contributed by atoms with Gasteiger partial charge in [-0.3, -0.25) is 0 Å². The van der Waals surface area contributed by atoms with Crippen LogP contribution in [-0.2, 0) is 0 Å². The molecule has 0 fully saturated rings. The highest BCUT2D eigenvalue weighted by Gasteiger charge is 2.09. The van der Waals surface area contributed by atoms with Crippen molar-refractivity contribution >= 4 is 21.7 Å². The van der Waals surface area contributed by atoms with E-state index in [9.17, 15) is 0 Å².